The van der Waals surface area contributed by atoms with Gasteiger partial charge in [-0.3, -0.25) is 19.8 Å². The van der Waals surface area contributed by atoms with Crippen molar-refractivity contribution in [1.29, 1.82) is 0 Å². The van der Waals surface area contributed by atoms with E-state index in [0.29, 0.717) is 19.6 Å². The van der Waals surface area contributed by atoms with Crippen molar-refractivity contribution in [2.45, 2.75) is 0 Å². The number of piperazine rings is 1. The lowest BCUT2D eigenvalue weighted by Gasteiger charge is -2.35. The van der Waals surface area contributed by atoms with Crippen LogP contribution in [0.2, 0.25) is 0 Å². The van der Waals surface area contributed by atoms with Crippen LogP contribution >= 0.6 is 0 Å². The molecular weight excluding hydrogens is 386 g/mol. The minimum absolute atomic E-state index is 0.00432. The number of carbonyl (C=O) groups excluding carboxylic acids is 1. The molecule has 9 heteroatoms. The summed E-state index contributed by atoms with van der Waals surface area (Å²) in [5, 5.41) is 16.7. The molecule has 2 aromatic rings. The number of rotatable bonds is 9. The Morgan fingerprint density at radius 1 is 1.10 bits per heavy atom. The van der Waals surface area contributed by atoms with Gasteiger partial charge in [0.2, 0.25) is 5.91 Å². The van der Waals surface area contributed by atoms with E-state index in [1.165, 1.54) is 12.1 Å². The van der Waals surface area contributed by atoms with Gasteiger partial charge in [-0.25, -0.2) is 0 Å². The number of nitrogens with one attached hydrogen (secondary N) is 2. The van der Waals surface area contributed by atoms with Gasteiger partial charge in [-0.2, -0.15) is 0 Å². The van der Waals surface area contributed by atoms with Crippen LogP contribution in [0.15, 0.2) is 48.5 Å². The van der Waals surface area contributed by atoms with E-state index in [0.717, 1.165) is 43.3 Å². The molecule has 9 nitrogen and oxygen atoms in total. The number of amides is 1. The van der Waals surface area contributed by atoms with Crippen molar-refractivity contribution in [3.05, 3.63) is 58.6 Å². The summed E-state index contributed by atoms with van der Waals surface area (Å²) >= 11 is 0. The maximum Gasteiger partial charge on any atom is 0.269 e. The third kappa shape index (κ3) is 6.08. The topological polar surface area (TPSA) is 100.0 Å². The van der Waals surface area contributed by atoms with Gasteiger partial charge in [0.15, 0.2) is 0 Å². The Morgan fingerprint density at radius 3 is 2.50 bits per heavy atom. The summed E-state index contributed by atoms with van der Waals surface area (Å²) in [6, 6.07) is 14.2. The van der Waals surface area contributed by atoms with Crippen LogP contribution in [0, 0.1) is 10.1 Å². The first-order chi connectivity index (χ1) is 14.5. The van der Waals surface area contributed by atoms with E-state index in [4.69, 9.17) is 4.74 Å². The van der Waals surface area contributed by atoms with Crippen LogP contribution < -0.4 is 20.3 Å². The Kier molecular flexibility index (Phi) is 7.45. The van der Waals surface area contributed by atoms with E-state index < -0.39 is 4.92 Å². The van der Waals surface area contributed by atoms with Crippen molar-refractivity contribution < 1.29 is 14.5 Å². The minimum Gasteiger partial charge on any atom is -0.497 e. The molecule has 2 aromatic carbocycles. The van der Waals surface area contributed by atoms with Gasteiger partial charge in [0.05, 0.1) is 18.6 Å². The number of non-ortho nitro benzene ring substituents is 1. The molecule has 2 N–H and O–H groups in total. The van der Waals surface area contributed by atoms with Crippen molar-refractivity contribution in [2.75, 3.05) is 63.1 Å². The van der Waals surface area contributed by atoms with Crippen molar-refractivity contribution in [3.8, 4) is 5.75 Å². The quantitative estimate of drug-likeness (QED) is 0.368. The summed E-state index contributed by atoms with van der Waals surface area (Å²) in [6.07, 6.45) is 0. The third-order valence-corrected chi connectivity index (χ3v) is 5.01. The number of nitro benzene ring substituents is 1. The maximum absolute atomic E-state index is 12.2. The Balaban J connectivity index is 1.33. The van der Waals surface area contributed by atoms with Gasteiger partial charge >= 0.3 is 0 Å². The van der Waals surface area contributed by atoms with E-state index in [1.807, 2.05) is 18.2 Å². The zero-order chi connectivity index (χ0) is 21.3. The molecule has 1 fully saturated rings. The normalized spacial score (nSPS) is 14.2. The van der Waals surface area contributed by atoms with Crippen molar-refractivity contribution in [2.24, 2.45) is 0 Å². The number of nitro groups is 1. The van der Waals surface area contributed by atoms with E-state index in [2.05, 4.69) is 26.5 Å². The highest BCUT2D eigenvalue weighted by molar-refractivity contribution is 5.78. The highest BCUT2D eigenvalue weighted by Gasteiger charge is 2.19. The summed E-state index contributed by atoms with van der Waals surface area (Å²) in [6.45, 7) is 4.79. The summed E-state index contributed by atoms with van der Waals surface area (Å²) in [4.78, 5) is 26.9. The van der Waals surface area contributed by atoms with Gasteiger partial charge in [0.25, 0.3) is 5.69 Å². The molecule has 160 valence electrons. The number of ether oxygens (including phenoxy) is 1. The van der Waals surface area contributed by atoms with Gasteiger partial charge in [-0.15, -0.1) is 0 Å². The van der Waals surface area contributed by atoms with Crippen LogP contribution in [0.3, 0.4) is 0 Å². The number of anilines is 2. The van der Waals surface area contributed by atoms with E-state index in [-0.39, 0.29) is 11.6 Å². The van der Waals surface area contributed by atoms with E-state index in [9.17, 15) is 14.9 Å². The second-order valence-electron chi connectivity index (χ2n) is 7.05. The molecule has 1 aliphatic rings. The van der Waals surface area contributed by atoms with Gasteiger partial charge in [-0.1, -0.05) is 6.07 Å². The highest BCUT2D eigenvalue weighted by Crippen LogP contribution is 2.22. The molecule has 0 spiro atoms. The number of methoxy groups -OCH3 is 1. The zero-order valence-corrected chi connectivity index (χ0v) is 17.0. The molecule has 0 radical (unpaired) electrons. The summed E-state index contributed by atoms with van der Waals surface area (Å²) < 4.78 is 5.29. The van der Waals surface area contributed by atoms with Crippen molar-refractivity contribution >= 4 is 23.0 Å². The van der Waals surface area contributed by atoms with Crippen LogP contribution in [-0.2, 0) is 4.79 Å². The Hall–Kier alpha value is -3.33. The van der Waals surface area contributed by atoms with Gasteiger partial charge in [0.1, 0.15) is 5.75 Å². The molecule has 30 heavy (non-hydrogen) atoms. The number of hydrogen-bond acceptors (Lipinski definition) is 7. The molecule has 0 bridgehead atoms. The number of nitrogens with zero attached hydrogens (tertiary/aromatic N) is 3. The number of hydrogen-bond donors (Lipinski definition) is 2. The van der Waals surface area contributed by atoms with Gasteiger partial charge in [-0.05, 0) is 24.3 Å². The molecule has 0 saturated carbocycles. The second-order valence-corrected chi connectivity index (χ2v) is 7.05. The van der Waals surface area contributed by atoms with Crippen LogP contribution in [0.5, 0.6) is 5.75 Å². The lowest BCUT2D eigenvalue weighted by Crippen LogP contribution is -2.49. The third-order valence-electron chi connectivity index (χ3n) is 5.01. The van der Waals surface area contributed by atoms with E-state index >= 15 is 0 Å². The van der Waals surface area contributed by atoms with Crippen LogP contribution in [0.4, 0.5) is 17.1 Å². The van der Waals surface area contributed by atoms with Crippen molar-refractivity contribution in [3.63, 3.8) is 0 Å². The van der Waals surface area contributed by atoms with Crippen LogP contribution in [-0.4, -0.2) is 68.7 Å². The first-order valence-corrected chi connectivity index (χ1v) is 9.91. The molecular formula is C21H27N5O4. The zero-order valence-electron chi connectivity index (χ0n) is 17.0. The molecule has 1 aliphatic heterocycles. The molecule has 0 unspecified atom stereocenters. The lowest BCUT2D eigenvalue weighted by molar-refractivity contribution is -0.384. The smallest absolute Gasteiger partial charge is 0.269 e. The standard InChI is InChI=1S/C21H27N5O4/c1-30-20-4-2-3-19(15-20)25-13-11-24(12-14-25)16-21(27)23-10-9-22-17-5-7-18(8-6-17)26(28)29/h2-8,15,22H,9-14,16H2,1H3,(H,23,27). The first-order valence-electron chi connectivity index (χ1n) is 9.91. The predicted molar refractivity (Wildman–Crippen MR) is 116 cm³/mol. The molecule has 0 aliphatic carbocycles. The average molecular weight is 413 g/mol. The van der Waals surface area contributed by atoms with Crippen LogP contribution in [0.25, 0.3) is 0 Å². The Bertz CT molecular complexity index is 851. The maximum atomic E-state index is 12.2. The largest absolute Gasteiger partial charge is 0.497 e. The second kappa shape index (κ2) is 10.4. The summed E-state index contributed by atoms with van der Waals surface area (Å²) in [7, 11) is 1.66. The fraction of sp³-hybridized carbons (Fsp3) is 0.381. The lowest BCUT2D eigenvalue weighted by atomic mass is 10.2. The SMILES string of the molecule is COc1cccc(N2CCN(CC(=O)NCCNc3ccc([N+](=O)[O-])cc3)CC2)c1. The van der Waals surface area contributed by atoms with Gasteiger partial charge < -0.3 is 20.3 Å². The molecule has 1 heterocycles. The highest BCUT2D eigenvalue weighted by atomic mass is 16.6. The fourth-order valence-corrected chi connectivity index (χ4v) is 3.34. The van der Waals surface area contributed by atoms with E-state index in [1.54, 1.807) is 19.2 Å². The minimum atomic E-state index is -0.430. The fourth-order valence-electron chi connectivity index (χ4n) is 3.34. The van der Waals surface area contributed by atoms with Crippen molar-refractivity contribution in [1.82, 2.24) is 10.2 Å². The average Bonchev–Trinajstić information content (AvgIpc) is 2.77. The Labute approximate surface area is 175 Å². The van der Waals surface area contributed by atoms with Gasteiger partial charge in [0, 0.05) is 68.8 Å². The molecule has 1 saturated heterocycles. The predicted octanol–water partition coefficient (Wildman–Crippen LogP) is 1.95. The monoisotopic (exact) mass is 413 g/mol. The molecule has 3 rings (SSSR count). The molecule has 0 atom stereocenters. The number of benzene rings is 2. The Morgan fingerprint density at radius 2 is 1.83 bits per heavy atom. The molecule has 0 aromatic heterocycles. The van der Waals surface area contributed by atoms with Crippen LogP contribution in [0.1, 0.15) is 0 Å². The molecule has 1 amide bonds. The summed E-state index contributed by atoms with van der Waals surface area (Å²) in [5.41, 5.74) is 1.97. The summed E-state index contributed by atoms with van der Waals surface area (Å²) in [5.74, 6) is 0.840. The number of carbonyl (C=O) groups is 1. The first kappa shape index (κ1) is 21.4.